The molecule has 1 saturated heterocycles. The van der Waals surface area contributed by atoms with Gasteiger partial charge in [0.2, 0.25) is 6.04 Å². The van der Waals surface area contributed by atoms with Crippen LogP contribution in [0.4, 0.5) is 0 Å². The van der Waals surface area contributed by atoms with E-state index in [2.05, 4.69) is 5.32 Å². The van der Waals surface area contributed by atoms with Gasteiger partial charge in [-0.05, 0) is 12.8 Å². The zero-order valence-corrected chi connectivity index (χ0v) is 7.89. The zero-order chi connectivity index (χ0) is 10.1. The second-order valence-electron chi connectivity index (χ2n) is 4.18. The first-order chi connectivity index (χ1) is 6.74. The SMILES string of the molecule is O=CC1CNC2CCCC([N+](=O)[O-])C12. The number of nitro groups is 1. The van der Waals surface area contributed by atoms with E-state index in [1.165, 1.54) is 0 Å². The van der Waals surface area contributed by atoms with Crippen molar-refractivity contribution in [2.24, 2.45) is 11.8 Å². The number of carbonyl (C=O) groups is 1. The first-order valence-electron chi connectivity index (χ1n) is 5.06. The molecule has 78 valence electrons. The van der Waals surface area contributed by atoms with E-state index in [4.69, 9.17) is 0 Å². The first kappa shape index (κ1) is 9.58. The first-order valence-corrected chi connectivity index (χ1v) is 5.06. The number of nitrogens with zero attached hydrogens (tertiary/aromatic N) is 1. The lowest BCUT2D eigenvalue weighted by Gasteiger charge is -2.29. The van der Waals surface area contributed by atoms with Crippen LogP contribution in [0.2, 0.25) is 0 Å². The quantitative estimate of drug-likeness (QED) is 0.391. The van der Waals surface area contributed by atoms with Crippen molar-refractivity contribution in [1.82, 2.24) is 5.32 Å². The molecular weight excluding hydrogens is 184 g/mol. The molecular formula is C9H14N2O3. The molecule has 2 aliphatic rings. The van der Waals surface area contributed by atoms with Crippen LogP contribution in [-0.2, 0) is 4.79 Å². The van der Waals surface area contributed by atoms with Crippen LogP contribution in [0.25, 0.3) is 0 Å². The van der Waals surface area contributed by atoms with Gasteiger partial charge in [0.1, 0.15) is 6.29 Å². The minimum Gasteiger partial charge on any atom is -0.313 e. The topological polar surface area (TPSA) is 72.2 Å². The fraction of sp³-hybridized carbons (Fsp3) is 0.889. The van der Waals surface area contributed by atoms with Crippen LogP contribution >= 0.6 is 0 Å². The lowest BCUT2D eigenvalue weighted by molar-refractivity contribution is -0.536. The third kappa shape index (κ3) is 1.41. The van der Waals surface area contributed by atoms with Crippen molar-refractivity contribution < 1.29 is 9.72 Å². The number of fused-ring (bicyclic) bond motifs is 1. The van der Waals surface area contributed by atoms with Crippen molar-refractivity contribution in [3.8, 4) is 0 Å². The Labute approximate surface area is 82.0 Å². The van der Waals surface area contributed by atoms with Crippen LogP contribution in [0.15, 0.2) is 0 Å². The number of hydrogen-bond acceptors (Lipinski definition) is 4. The highest BCUT2D eigenvalue weighted by Crippen LogP contribution is 2.35. The standard InChI is InChI=1S/C9H14N2O3/c12-5-6-4-10-7-2-1-3-8(9(6)7)11(13)14/h5-10H,1-4H2. The summed E-state index contributed by atoms with van der Waals surface area (Å²) >= 11 is 0. The van der Waals surface area contributed by atoms with Crippen LogP contribution in [0.5, 0.6) is 0 Å². The van der Waals surface area contributed by atoms with Crippen molar-refractivity contribution in [2.45, 2.75) is 31.3 Å². The largest absolute Gasteiger partial charge is 0.313 e. The predicted octanol–water partition coefficient (Wildman–Crippen LogP) is 0.219. The van der Waals surface area contributed by atoms with E-state index in [1.54, 1.807) is 0 Å². The van der Waals surface area contributed by atoms with Crippen LogP contribution in [-0.4, -0.2) is 29.8 Å². The summed E-state index contributed by atoms with van der Waals surface area (Å²) in [5.41, 5.74) is 0. The molecule has 0 amide bonds. The van der Waals surface area contributed by atoms with Gasteiger partial charge in [-0.25, -0.2) is 0 Å². The minimum atomic E-state index is -0.515. The summed E-state index contributed by atoms with van der Waals surface area (Å²) in [6.07, 6.45) is 3.37. The summed E-state index contributed by atoms with van der Waals surface area (Å²) in [4.78, 5) is 21.4. The van der Waals surface area contributed by atoms with E-state index in [9.17, 15) is 14.9 Å². The maximum atomic E-state index is 10.8. The van der Waals surface area contributed by atoms with Gasteiger partial charge in [0.15, 0.2) is 0 Å². The Kier molecular flexibility index (Phi) is 2.50. The van der Waals surface area contributed by atoms with Gasteiger partial charge in [0, 0.05) is 29.8 Å². The fourth-order valence-corrected chi connectivity index (χ4v) is 2.83. The smallest absolute Gasteiger partial charge is 0.218 e. The molecule has 0 aromatic carbocycles. The summed E-state index contributed by atoms with van der Waals surface area (Å²) in [5, 5.41) is 14.0. The second-order valence-corrected chi connectivity index (χ2v) is 4.18. The van der Waals surface area contributed by atoms with E-state index < -0.39 is 6.04 Å². The Morgan fingerprint density at radius 2 is 2.21 bits per heavy atom. The van der Waals surface area contributed by atoms with Gasteiger partial charge in [-0.2, -0.15) is 0 Å². The molecule has 0 aromatic rings. The molecule has 1 aliphatic carbocycles. The summed E-state index contributed by atoms with van der Waals surface area (Å²) in [6.45, 7) is 0.614. The average Bonchev–Trinajstić information content (AvgIpc) is 2.59. The molecule has 2 rings (SSSR count). The number of rotatable bonds is 2. The zero-order valence-electron chi connectivity index (χ0n) is 7.89. The predicted molar refractivity (Wildman–Crippen MR) is 49.5 cm³/mol. The molecule has 4 unspecified atom stereocenters. The van der Waals surface area contributed by atoms with E-state index in [1.807, 2.05) is 0 Å². The molecule has 1 N–H and O–H groups in total. The number of hydrogen-bond donors (Lipinski definition) is 1. The molecule has 14 heavy (non-hydrogen) atoms. The van der Waals surface area contributed by atoms with E-state index >= 15 is 0 Å². The Balaban J connectivity index is 2.18. The highest BCUT2D eigenvalue weighted by Gasteiger charge is 2.48. The van der Waals surface area contributed by atoms with E-state index in [0.717, 1.165) is 19.1 Å². The van der Waals surface area contributed by atoms with Crippen LogP contribution < -0.4 is 5.32 Å². The van der Waals surface area contributed by atoms with Gasteiger partial charge < -0.3 is 10.1 Å². The molecule has 5 nitrogen and oxygen atoms in total. The Morgan fingerprint density at radius 3 is 2.86 bits per heavy atom. The van der Waals surface area contributed by atoms with Crippen molar-refractivity contribution in [1.29, 1.82) is 0 Å². The van der Waals surface area contributed by atoms with Crippen LogP contribution in [0.3, 0.4) is 0 Å². The lowest BCUT2D eigenvalue weighted by atomic mass is 9.77. The van der Waals surface area contributed by atoms with Crippen molar-refractivity contribution in [3.63, 3.8) is 0 Å². The molecule has 0 aromatic heterocycles. The minimum absolute atomic E-state index is 0.0729. The molecule has 5 heteroatoms. The highest BCUT2D eigenvalue weighted by molar-refractivity contribution is 5.55. The fourth-order valence-electron chi connectivity index (χ4n) is 2.83. The second kappa shape index (κ2) is 3.65. The van der Waals surface area contributed by atoms with Crippen molar-refractivity contribution >= 4 is 6.29 Å². The van der Waals surface area contributed by atoms with Gasteiger partial charge in [-0.15, -0.1) is 0 Å². The van der Waals surface area contributed by atoms with Gasteiger partial charge in [0.05, 0.1) is 5.92 Å². The average molecular weight is 198 g/mol. The molecule has 0 bridgehead atoms. The van der Waals surface area contributed by atoms with Gasteiger partial charge >= 0.3 is 0 Å². The Bertz CT molecular complexity index is 256. The van der Waals surface area contributed by atoms with Crippen molar-refractivity contribution in [3.05, 3.63) is 10.1 Å². The van der Waals surface area contributed by atoms with Crippen molar-refractivity contribution in [2.75, 3.05) is 6.54 Å². The summed E-state index contributed by atoms with van der Waals surface area (Å²) < 4.78 is 0. The maximum Gasteiger partial charge on any atom is 0.218 e. The normalized spacial score (nSPS) is 41.7. The van der Waals surface area contributed by atoms with Gasteiger partial charge in [-0.3, -0.25) is 10.1 Å². The molecule has 1 saturated carbocycles. The number of carbonyl (C=O) groups excluding carboxylic acids is 1. The molecule has 1 heterocycles. The Hall–Kier alpha value is -0.970. The molecule has 4 atom stereocenters. The molecule has 0 spiro atoms. The third-order valence-electron chi connectivity index (χ3n) is 3.48. The Morgan fingerprint density at radius 1 is 1.43 bits per heavy atom. The van der Waals surface area contributed by atoms with Crippen LogP contribution in [0, 0.1) is 22.0 Å². The lowest BCUT2D eigenvalue weighted by Crippen LogP contribution is -2.43. The van der Waals surface area contributed by atoms with Crippen LogP contribution in [0.1, 0.15) is 19.3 Å². The molecule has 2 fully saturated rings. The van der Waals surface area contributed by atoms with Gasteiger partial charge in [-0.1, -0.05) is 0 Å². The number of nitrogens with one attached hydrogen (secondary N) is 1. The summed E-state index contributed by atoms with van der Waals surface area (Å²) in [5.74, 6) is -0.230. The summed E-state index contributed by atoms with van der Waals surface area (Å²) in [6, 6.07) is -0.326. The maximum absolute atomic E-state index is 10.8. The van der Waals surface area contributed by atoms with E-state index in [-0.39, 0.29) is 22.8 Å². The molecule has 0 radical (unpaired) electrons. The summed E-state index contributed by atoms with van der Waals surface area (Å²) in [7, 11) is 0. The van der Waals surface area contributed by atoms with E-state index in [0.29, 0.717) is 13.0 Å². The number of aldehydes is 1. The molecule has 1 aliphatic heterocycles. The third-order valence-corrected chi connectivity index (χ3v) is 3.48. The van der Waals surface area contributed by atoms with Gasteiger partial charge in [0.25, 0.3) is 0 Å². The monoisotopic (exact) mass is 198 g/mol. The highest BCUT2D eigenvalue weighted by atomic mass is 16.6.